The van der Waals surface area contributed by atoms with Crippen LogP contribution in [0.1, 0.15) is 52.9 Å². The maximum absolute atomic E-state index is 13.2. The summed E-state index contributed by atoms with van der Waals surface area (Å²) in [5.41, 5.74) is 5.07. The van der Waals surface area contributed by atoms with Crippen LogP contribution in [0.2, 0.25) is 0 Å². The minimum atomic E-state index is -0.521. The maximum atomic E-state index is 13.2. The lowest BCUT2D eigenvalue weighted by Gasteiger charge is -2.28. The second kappa shape index (κ2) is 9.79. The molecule has 4 heterocycles. The van der Waals surface area contributed by atoms with Gasteiger partial charge in [-0.2, -0.15) is 10.2 Å². The number of aliphatic hydroxyl groups is 1. The van der Waals surface area contributed by atoms with Gasteiger partial charge in [0.25, 0.3) is 5.91 Å². The molecule has 2 atom stereocenters. The van der Waals surface area contributed by atoms with Gasteiger partial charge in [-0.15, -0.1) is 0 Å². The molecule has 9 heteroatoms. The summed E-state index contributed by atoms with van der Waals surface area (Å²) in [5.74, 6) is 0.331. The zero-order valence-electron chi connectivity index (χ0n) is 19.9. The number of nitrogens with zero attached hydrogens (tertiary/aromatic N) is 6. The number of carbonyl (C=O) groups excluding carboxylic acids is 1. The number of hydrogen-bond donors (Lipinski definition) is 2. The van der Waals surface area contributed by atoms with Gasteiger partial charge < -0.3 is 10.4 Å². The van der Waals surface area contributed by atoms with Gasteiger partial charge in [0, 0.05) is 37.4 Å². The van der Waals surface area contributed by atoms with Crippen molar-refractivity contribution in [3.63, 3.8) is 0 Å². The Morgan fingerprint density at radius 2 is 2.06 bits per heavy atom. The summed E-state index contributed by atoms with van der Waals surface area (Å²) in [6, 6.07) is 7.44. The molecule has 0 unspecified atom stereocenters. The molecule has 4 aromatic rings. The molecule has 0 aromatic carbocycles. The van der Waals surface area contributed by atoms with Crippen molar-refractivity contribution in [1.29, 1.82) is 0 Å². The molecule has 1 aliphatic rings. The number of pyridine rings is 2. The molecule has 0 spiro atoms. The van der Waals surface area contributed by atoms with Crippen molar-refractivity contribution in [2.45, 2.75) is 51.2 Å². The normalized spacial score (nSPS) is 17.9. The van der Waals surface area contributed by atoms with Crippen LogP contribution >= 0.6 is 0 Å². The van der Waals surface area contributed by atoms with E-state index >= 15 is 0 Å². The molecule has 0 bridgehead atoms. The van der Waals surface area contributed by atoms with Crippen molar-refractivity contribution < 1.29 is 9.90 Å². The lowest BCUT2D eigenvalue weighted by Crippen LogP contribution is -2.45. The van der Waals surface area contributed by atoms with Crippen LogP contribution in [0, 0.1) is 6.92 Å². The molecule has 1 saturated carbocycles. The maximum Gasteiger partial charge on any atom is 0.270 e. The van der Waals surface area contributed by atoms with Crippen molar-refractivity contribution in [3.05, 3.63) is 77.6 Å². The third-order valence-corrected chi connectivity index (χ3v) is 6.57. The Labute approximate surface area is 203 Å². The lowest BCUT2D eigenvalue weighted by atomic mass is 9.92. The Kier molecular flexibility index (Phi) is 6.41. The van der Waals surface area contributed by atoms with E-state index in [4.69, 9.17) is 0 Å². The molecular formula is C26H29N7O2. The molecule has 5 rings (SSSR count). The first-order valence-corrected chi connectivity index (χ1v) is 11.9. The summed E-state index contributed by atoms with van der Waals surface area (Å²) < 4.78 is 3.43. The molecule has 1 amide bonds. The number of aliphatic hydroxyl groups excluding tert-OH is 1. The Hall–Kier alpha value is -3.85. The van der Waals surface area contributed by atoms with Crippen LogP contribution in [-0.4, -0.2) is 52.7 Å². The average molecular weight is 472 g/mol. The van der Waals surface area contributed by atoms with Gasteiger partial charge in [0.1, 0.15) is 5.69 Å². The van der Waals surface area contributed by atoms with Crippen molar-refractivity contribution >= 4 is 5.91 Å². The van der Waals surface area contributed by atoms with E-state index in [0.29, 0.717) is 24.4 Å². The van der Waals surface area contributed by atoms with Crippen LogP contribution in [0.5, 0.6) is 0 Å². The molecule has 180 valence electrons. The predicted molar refractivity (Wildman–Crippen MR) is 131 cm³/mol. The summed E-state index contributed by atoms with van der Waals surface area (Å²) in [5, 5.41) is 21.8. The summed E-state index contributed by atoms with van der Waals surface area (Å²) in [7, 11) is 1.88. The van der Waals surface area contributed by atoms with E-state index in [9.17, 15) is 9.90 Å². The first kappa shape index (κ1) is 22.9. The Balaban J connectivity index is 1.44. The number of aromatic nitrogens is 6. The Morgan fingerprint density at radius 1 is 1.20 bits per heavy atom. The van der Waals surface area contributed by atoms with Crippen LogP contribution < -0.4 is 5.32 Å². The largest absolute Gasteiger partial charge is 0.391 e. The molecule has 1 fully saturated rings. The predicted octanol–water partition coefficient (Wildman–Crippen LogP) is 3.00. The van der Waals surface area contributed by atoms with Gasteiger partial charge in [0.05, 0.1) is 24.0 Å². The van der Waals surface area contributed by atoms with E-state index in [0.717, 1.165) is 47.2 Å². The Bertz CT molecular complexity index is 1310. The monoisotopic (exact) mass is 471 g/mol. The van der Waals surface area contributed by atoms with Crippen LogP contribution in [0.25, 0.3) is 17.1 Å². The standard InChI is InChI=1S/C26H29N7O2/c1-17-19(12-18-8-9-21(27-14-18)20-15-29-32(2)16-20)13-23(30-25(17)33-11-5-10-28-33)26(35)31-22-6-3-4-7-24(22)34/h5,8-11,13-16,22,24,34H,3-4,6-7,12H2,1-2H3,(H,31,35)/t22-,24-/m0/s1. The van der Waals surface area contributed by atoms with Gasteiger partial charge in [0.2, 0.25) is 0 Å². The third-order valence-electron chi connectivity index (χ3n) is 6.57. The second-order valence-corrected chi connectivity index (χ2v) is 9.13. The van der Waals surface area contributed by atoms with Crippen LogP contribution in [0.3, 0.4) is 0 Å². The molecule has 2 N–H and O–H groups in total. The first-order valence-electron chi connectivity index (χ1n) is 11.9. The summed E-state index contributed by atoms with van der Waals surface area (Å²) >= 11 is 0. The first-order chi connectivity index (χ1) is 17.0. The molecule has 9 nitrogen and oxygen atoms in total. The van der Waals surface area contributed by atoms with Gasteiger partial charge in [-0.1, -0.05) is 18.9 Å². The highest BCUT2D eigenvalue weighted by molar-refractivity contribution is 5.93. The Morgan fingerprint density at radius 3 is 2.74 bits per heavy atom. The van der Waals surface area contributed by atoms with E-state index < -0.39 is 6.10 Å². The zero-order valence-corrected chi connectivity index (χ0v) is 19.9. The number of hydrogen-bond acceptors (Lipinski definition) is 6. The number of carbonyl (C=O) groups is 1. The van der Waals surface area contributed by atoms with Crippen LogP contribution in [0.4, 0.5) is 0 Å². The fourth-order valence-corrected chi connectivity index (χ4v) is 4.56. The zero-order chi connectivity index (χ0) is 24.4. The van der Waals surface area contributed by atoms with Crippen molar-refractivity contribution in [2.75, 3.05) is 0 Å². The smallest absolute Gasteiger partial charge is 0.270 e. The molecular weight excluding hydrogens is 442 g/mol. The lowest BCUT2D eigenvalue weighted by molar-refractivity contribution is 0.0713. The third kappa shape index (κ3) is 5.00. The van der Waals surface area contributed by atoms with Crippen LogP contribution in [-0.2, 0) is 13.5 Å². The molecule has 35 heavy (non-hydrogen) atoms. The van der Waals surface area contributed by atoms with E-state index in [2.05, 4.69) is 25.5 Å². The van der Waals surface area contributed by atoms with E-state index in [1.54, 1.807) is 21.8 Å². The number of aryl methyl sites for hydroxylation is 1. The molecule has 0 radical (unpaired) electrons. The molecule has 4 aromatic heterocycles. The highest BCUT2D eigenvalue weighted by Gasteiger charge is 2.26. The minimum Gasteiger partial charge on any atom is -0.391 e. The molecule has 0 saturated heterocycles. The number of rotatable bonds is 6. The van der Waals surface area contributed by atoms with Gasteiger partial charge in [-0.3, -0.25) is 14.5 Å². The minimum absolute atomic E-state index is 0.250. The number of amides is 1. The molecule has 1 aliphatic carbocycles. The van der Waals surface area contributed by atoms with E-state index in [1.165, 1.54) is 0 Å². The van der Waals surface area contributed by atoms with E-state index in [-0.39, 0.29) is 11.9 Å². The van der Waals surface area contributed by atoms with Crippen molar-refractivity contribution in [1.82, 2.24) is 34.8 Å². The summed E-state index contributed by atoms with van der Waals surface area (Å²) in [6.07, 6.45) is 12.6. The highest BCUT2D eigenvalue weighted by atomic mass is 16.3. The average Bonchev–Trinajstić information content (AvgIpc) is 3.54. The number of nitrogens with one attached hydrogen (secondary N) is 1. The van der Waals surface area contributed by atoms with Crippen LogP contribution in [0.15, 0.2) is 55.2 Å². The van der Waals surface area contributed by atoms with Gasteiger partial charge in [-0.05, 0) is 61.1 Å². The summed E-state index contributed by atoms with van der Waals surface area (Å²) in [6.45, 7) is 1.99. The fraction of sp³-hybridized carbons (Fsp3) is 0.346. The highest BCUT2D eigenvalue weighted by Crippen LogP contribution is 2.23. The van der Waals surface area contributed by atoms with Crippen molar-refractivity contribution in [3.8, 4) is 17.1 Å². The second-order valence-electron chi connectivity index (χ2n) is 9.13. The molecule has 0 aliphatic heterocycles. The van der Waals surface area contributed by atoms with Gasteiger partial charge in [-0.25, -0.2) is 9.67 Å². The van der Waals surface area contributed by atoms with Gasteiger partial charge >= 0.3 is 0 Å². The quantitative estimate of drug-likeness (QED) is 0.447. The summed E-state index contributed by atoms with van der Waals surface area (Å²) in [4.78, 5) is 22.4. The fourth-order valence-electron chi connectivity index (χ4n) is 4.56. The van der Waals surface area contributed by atoms with Crippen molar-refractivity contribution in [2.24, 2.45) is 7.05 Å². The van der Waals surface area contributed by atoms with Gasteiger partial charge in [0.15, 0.2) is 5.82 Å². The SMILES string of the molecule is Cc1c(Cc2ccc(-c3cnn(C)c3)nc2)cc(C(=O)N[C@H]2CCCC[C@@H]2O)nc1-n1cccn1. The topological polar surface area (TPSA) is 111 Å². The van der Waals surface area contributed by atoms with E-state index in [1.807, 2.05) is 56.8 Å².